The molecular weight excluding hydrogens is 377 g/mol. The molecule has 2 aromatic rings. The number of benzene rings is 2. The van der Waals surface area contributed by atoms with Crippen LogP contribution in [0.2, 0.25) is 0 Å². The molecule has 6 heteroatoms. The molecule has 0 saturated carbocycles. The smallest absolute Gasteiger partial charge is 0.319 e. The summed E-state index contributed by atoms with van der Waals surface area (Å²) in [7, 11) is 0. The van der Waals surface area contributed by atoms with Gasteiger partial charge in [0.2, 0.25) is 0 Å². The minimum Gasteiger partial charge on any atom is -0.334 e. The van der Waals surface area contributed by atoms with Crippen LogP contribution in [0.25, 0.3) is 0 Å². The standard InChI is InChI=1S/C14H11F2IN2O/c15-12-2-1-3-13(16)11(12)8-18-14(20)19-10-6-4-9(17)5-7-10/h1-7H,8H2,(H2,18,19,20). The summed E-state index contributed by atoms with van der Waals surface area (Å²) in [6, 6.07) is 10.2. The van der Waals surface area contributed by atoms with Crippen molar-refractivity contribution in [3.8, 4) is 0 Å². The van der Waals surface area contributed by atoms with E-state index in [9.17, 15) is 13.6 Å². The number of hydrogen-bond acceptors (Lipinski definition) is 1. The van der Waals surface area contributed by atoms with Crippen LogP contribution in [-0.4, -0.2) is 6.03 Å². The van der Waals surface area contributed by atoms with Crippen LogP contribution < -0.4 is 10.6 Å². The van der Waals surface area contributed by atoms with E-state index >= 15 is 0 Å². The van der Waals surface area contributed by atoms with E-state index in [1.54, 1.807) is 12.1 Å². The Labute approximate surface area is 128 Å². The molecule has 2 N–H and O–H groups in total. The fourth-order valence-corrected chi connectivity index (χ4v) is 1.94. The Balaban J connectivity index is 1.94. The van der Waals surface area contributed by atoms with Crippen LogP contribution in [0.1, 0.15) is 5.56 Å². The van der Waals surface area contributed by atoms with Crippen LogP contribution in [0.4, 0.5) is 19.3 Å². The Morgan fingerprint density at radius 2 is 1.65 bits per heavy atom. The van der Waals surface area contributed by atoms with E-state index in [1.807, 2.05) is 12.1 Å². The van der Waals surface area contributed by atoms with Crippen molar-refractivity contribution >= 4 is 34.3 Å². The first-order chi connectivity index (χ1) is 9.56. The van der Waals surface area contributed by atoms with Crippen LogP contribution in [0, 0.1) is 15.2 Å². The molecule has 2 aromatic carbocycles. The highest BCUT2D eigenvalue weighted by Gasteiger charge is 2.09. The van der Waals surface area contributed by atoms with Gasteiger partial charge in [0.05, 0.1) is 6.54 Å². The van der Waals surface area contributed by atoms with E-state index in [4.69, 9.17) is 0 Å². The first-order valence-electron chi connectivity index (χ1n) is 5.79. The third-order valence-electron chi connectivity index (χ3n) is 2.59. The predicted molar refractivity (Wildman–Crippen MR) is 81.4 cm³/mol. The maximum absolute atomic E-state index is 13.4. The highest BCUT2D eigenvalue weighted by atomic mass is 127. The van der Waals surface area contributed by atoms with Crippen LogP contribution in [0.5, 0.6) is 0 Å². The highest BCUT2D eigenvalue weighted by Crippen LogP contribution is 2.13. The summed E-state index contributed by atoms with van der Waals surface area (Å²) >= 11 is 2.15. The van der Waals surface area contributed by atoms with E-state index in [2.05, 4.69) is 33.2 Å². The molecule has 0 aliphatic rings. The molecule has 0 aliphatic carbocycles. The number of amides is 2. The minimum atomic E-state index is -0.681. The van der Waals surface area contributed by atoms with Gasteiger partial charge in [-0.3, -0.25) is 0 Å². The number of rotatable bonds is 3. The van der Waals surface area contributed by atoms with Crippen molar-refractivity contribution in [2.75, 3.05) is 5.32 Å². The van der Waals surface area contributed by atoms with E-state index in [-0.39, 0.29) is 12.1 Å². The summed E-state index contributed by atoms with van der Waals surface area (Å²) in [5.74, 6) is -1.36. The maximum Gasteiger partial charge on any atom is 0.319 e. The third kappa shape index (κ3) is 3.89. The van der Waals surface area contributed by atoms with Gasteiger partial charge in [0.15, 0.2) is 0 Å². The molecule has 20 heavy (non-hydrogen) atoms. The summed E-state index contributed by atoms with van der Waals surface area (Å²) < 4.78 is 27.8. The second kappa shape index (κ2) is 6.65. The molecule has 0 aliphatic heterocycles. The van der Waals surface area contributed by atoms with Crippen molar-refractivity contribution in [3.63, 3.8) is 0 Å². The summed E-state index contributed by atoms with van der Waals surface area (Å²) in [5.41, 5.74) is 0.446. The molecule has 0 fully saturated rings. The predicted octanol–water partition coefficient (Wildman–Crippen LogP) is 3.89. The van der Waals surface area contributed by atoms with E-state index in [0.29, 0.717) is 5.69 Å². The Morgan fingerprint density at radius 1 is 1.05 bits per heavy atom. The van der Waals surface area contributed by atoms with Crippen molar-refractivity contribution < 1.29 is 13.6 Å². The lowest BCUT2D eigenvalue weighted by atomic mass is 10.2. The second-order valence-electron chi connectivity index (χ2n) is 4.01. The Bertz CT molecular complexity index is 597. The van der Waals surface area contributed by atoms with Gasteiger partial charge in [-0.05, 0) is 59.0 Å². The van der Waals surface area contributed by atoms with E-state index < -0.39 is 17.7 Å². The minimum absolute atomic E-state index is 0.162. The SMILES string of the molecule is O=C(NCc1c(F)cccc1F)Nc1ccc(I)cc1. The lowest BCUT2D eigenvalue weighted by Crippen LogP contribution is -2.28. The highest BCUT2D eigenvalue weighted by molar-refractivity contribution is 14.1. The molecule has 0 radical (unpaired) electrons. The molecule has 104 valence electrons. The Hall–Kier alpha value is -1.70. The van der Waals surface area contributed by atoms with Crippen LogP contribution in [0.15, 0.2) is 42.5 Å². The molecule has 0 atom stereocenters. The number of carbonyl (C=O) groups is 1. The van der Waals surface area contributed by atoms with Crippen molar-refractivity contribution in [1.29, 1.82) is 0 Å². The molecule has 2 rings (SSSR count). The second-order valence-corrected chi connectivity index (χ2v) is 5.26. The van der Waals surface area contributed by atoms with Gasteiger partial charge in [-0.25, -0.2) is 13.6 Å². The lowest BCUT2D eigenvalue weighted by molar-refractivity contribution is 0.251. The molecule has 0 unspecified atom stereocenters. The number of carbonyl (C=O) groups excluding carboxylic acids is 1. The summed E-state index contributed by atoms with van der Waals surface area (Å²) in [6.07, 6.45) is 0. The van der Waals surface area contributed by atoms with Gasteiger partial charge in [-0.15, -0.1) is 0 Å². The van der Waals surface area contributed by atoms with Crippen molar-refractivity contribution in [2.45, 2.75) is 6.54 Å². The summed E-state index contributed by atoms with van der Waals surface area (Å²) in [6.45, 7) is -0.214. The van der Waals surface area contributed by atoms with Crippen LogP contribution >= 0.6 is 22.6 Å². The number of urea groups is 1. The molecule has 0 bridgehead atoms. The van der Waals surface area contributed by atoms with Gasteiger partial charge in [0, 0.05) is 14.8 Å². The molecule has 0 saturated heterocycles. The zero-order valence-electron chi connectivity index (χ0n) is 10.3. The number of anilines is 1. The Morgan fingerprint density at radius 3 is 2.25 bits per heavy atom. The zero-order valence-corrected chi connectivity index (χ0v) is 12.4. The molecule has 2 amide bonds. The average Bonchev–Trinajstić information content (AvgIpc) is 2.41. The number of halogens is 3. The third-order valence-corrected chi connectivity index (χ3v) is 3.31. The normalized spacial score (nSPS) is 10.2. The van der Waals surface area contributed by atoms with E-state index in [1.165, 1.54) is 6.07 Å². The van der Waals surface area contributed by atoms with Gasteiger partial charge in [0.1, 0.15) is 11.6 Å². The largest absolute Gasteiger partial charge is 0.334 e. The van der Waals surface area contributed by atoms with E-state index in [0.717, 1.165) is 15.7 Å². The van der Waals surface area contributed by atoms with Gasteiger partial charge in [-0.1, -0.05) is 6.07 Å². The molecule has 0 spiro atoms. The monoisotopic (exact) mass is 388 g/mol. The quantitative estimate of drug-likeness (QED) is 0.770. The number of hydrogen-bond donors (Lipinski definition) is 2. The summed E-state index contributed by atoms with van der Waals surface area (Å²) in [5, 5.41) is 4.99. The summed E-state index contributed by atoms with van der Waals surface area (Å²) in [4.78, 5) is 11.6. The van der Waals surface area contributed by atoms with Crippen molar-refractivity contribution in [2.24, 2.45) is 0 Å². The fourth-order valence-electron chi connectivity index (χ4n) is 1.58. The van der Waals surface area contributed by atoms with Gasteiger partial charge in [-0.2, -0.15) is 0 Å². The van der Waals surface area contributed by atoms with Crippen LogP contribution in [-0.2, 0) is 6.54 Å². The average molecular weight is 388 g/mol. The maximum atomic E-state index is 13.4. The molecule has 3 nitrogen and oxygen atoms in total. The fraction of sp³-hybridized carbons (Fsp3) is 0.0714. The molecule has 0 heterocycles. The molecular formula is C14H11F2IN2O. The Kier molecular flexibility index (Phi) is 4.89. The van der Waals surface area contributed by atoms with Crippen molar-refractivity contribution in [1.82, 2.24) is 5.32 Å². The molecule has 0 aromatic heterocycles. The first-order valence-corrected chi connectivity index (χ1v) is 6.87. The topological polar surface area (TPSA) is 41.1 Å². The zero-order chi connectivity index (χ0) is 14.5. The van der Waals surface area contributed by atoms with Gasteiger partial charge >= 0.3 is 6.03 Å². The lowest BCUT2D eigenvalue weighted by Gasteiger charge is -2.09. The van der Waals surface area contributed by atoms with Crippen LogP contribution in [0.3, 0.4) is 0 Å². The number of nitrogens with one attached hydrogen (secondary N) is 2. The first kappa shape index (κ1) is 14.7. The van der Waals surface area contributed by atoms with Gasteiger partial charge < -0.3 is 10.6 Å². The van der Waals surface area contributed by atoms with Crippen molar-refractivity contribution in [3.05, 3.63) is 63.2 Å². The van der Waals surface area contributed by atoms with Gasteiger partial charge in [0.25, 0.3) is 0 Å².